The minimum Gasteiger partial charge on any atom is -0.493 e. The summed E-state index contributed by atoms with van der Waals surface area (Å²) in [5, 5.41) is 20.6. The molecular formula is C73H77F13N6O13S2. The van der Waals surface area contributed by atoms with Gasteiger partial charge in [0.2, 0.25) is 11.2 Å². The van der Waals surface area contributed by atoms with E-state index >= 15 is 31.9 Å². The van der Waals surface area contributed by atoms with E-state index in [-0.39, 0.29) is 187 Å². The zero-order chi connectivity index (χ0) is 77.5. The summed E-state index contributed by atoms with van der Waals surface area (Å²) in [4.78, 5) is 94.6. The number of amides is 4. The van der Waals surface area contributed by atoms with Crippen LogP contribution in [0, 0.1) is 0 Å². The molecule has 4 aliphatic heterocycles. The number of carboxylic acids is 2. The summed E-state index contributed by atoms with van der Waals surface area (Å²) in [5.74, 6) is -7.27. The van der Waals surface area contributed by atoms with Crippen molar-refractivity contribution in [1.29, 1.82) is 0 Å². The monoisotopic (exact) mass is 1560 g/mol. The molecule has 4 unspecified atom stereocenters. The van der Waals surface area contributed by atoms with Crippen LogP contribution in [-0.2, 0) is 66.5 Å². The first kappa shape index (κ1) is 80.7. The number of hydrogen-bond donors (Lipinski definition) is 2. The number of likely N-dealkylation sites (tertiary alicyclic amines) is 4. The quantitative estimate of drug-likeness (QED) is 0.0361. The highest BCUT2D eigenvalue weighted by Crippen LogP contribution is 2.50. The second-order valence-electron chi connectivity index (χ2n) is 26.7. The molecule has 4 saturated heterocycles. The van der Waals surface area contributed by atoms with Gasteiger partial charge in [-0.15, -0.1) is 22.7 Å². The zero-order valence-electron chi connectivity index (χ0n) is 57.9. The summed E-state index contributed by atoms with van der Waals surface area (Å²) in [6.45, 7) is -0.00241. The lowest BCUT2D eigenvalue weighted by atomic mass is 9.78. The van der Waals surface area contributed by atoms with Crippen LogP contribution in [-0.4, -0.2) is 151 Å². The number of halogens is 13. The molecule has 19 nitrogen and oxygen atoms in total. The number of para-hydroxylation sites is 2. The number of aromatic nitrogens is 2. The molecule has 4 atom stereocenters. The maximum atomic E-state index is 17.4. The Kier molecular flexibility index (Phi) is 24.9. The maximum absolute atomic E-state index is 17.4. The summed E-state index contributed by atoms with van der Waals surface area (Å²) in [6.07, 6.45) is -20.0. The standard InChI is InChI=1S/C73H77F13N6O13S2/c1-3-13-55-68(104-46-37-57(106-43-46)71(78,79)80,22-11-29-91(55)62(97)48-40-87-28-21-50(48)70(75,76)77)65(100)90-33-26-67(27-34-90,52-16-6-8-18-54(52)102-36-10-20-60(95)96)103-42-45-39-88-41-49(61(45)73(84,85)86)63(98)92-30-12-23-69(56(92)14-4-2,105-47-38-58(107-44-47)72(81,82)83)64(99)89-31-24-66(74,25-32-89)51-15-5-7-17-53(51)101-35-9-19-59(93)94/h5-8,15-18,21,28,37-41,43-44,55-56H,3-4,9-14,19-20,22-27,29-36,42H2,1-2H3,(H,93,94)(H,95,96). The molecule has 580 valence electrons. The van der Waals surface area contributed by atoms with E-state index in [1.807, 2.05) is 0 Å². The van der Waals surface area contributed by atoms with Gasteiger partial charge >= 0.3 is 36.6 Å². The van der Waals surface area contributed by atoms with Crippen LogP contribution < -0.4 is 18.9 Å². The molecule has 0 aliphatic carbocycles. The van der Waals surface area contributed by atoms with E-state index in [1.54, 1.807) is 32.0 Å². The van der Waals surface area contributed by atoms with Gasteiger partial charge in [-0.05, 0) is 69.6 Å². The van der Waals surface area contributed by atoms with Crippen molar-refractivity contribution in [2.24, 2.45) is 0 Å². The molecule has 8 heterocycles. The number of ether oxygens (including phenoxy) is 5. The Balaban J connectivity index is 0.990. The zero-order valence-corrected chi connectivity index (χ0v) is 59.6. The van der Waals surface area contributed by atoms with Gasteiger partial charge in [0.25, 0.3) is 23.6 Å². The number of nitrogens with zero attached hydrogens (tertiary/aromatic N) is 6. The number of piperidine rings is 4. The summed E-state index contributed by atoms with van der Waals surface area (Å²) >= 11 is 0.480. The number of rotatable bonds is 27. The van der Waals surface area contributed by atoms with Crippen molar-refractivity contribution in [1.82, 2.24) is 29.6 Å². The van der Waals surface area contributed by atoms with Crippen LogP contribution >= 0.6 is 22.7 Å². The van der Waals surface area contributed by atoms with E-state index in [4.69, 9.17) is 28.8 Å². The van der Waals surface area contributed by atoms with E-state index in [2.05, 4.69) is 9.97 Å². The van der Waals surface area contributed by atoms with Crippen LogP contribution in [0.1, 0.15) is 175 Å². The van der Waals surface area contributed by atoms with Gasteiger partial charge < -0.3 is 53.5 Å². The summed E-state index contributed by atoms with van der Waals surface area (Å²) < 4.78 is 227. The van der Waals surface area contributed by atoms with Crippen molar-refractivity contribution < 1.29 is 120 Å². The Hall–Kier alpha value is -8.79. The summed E-state index contributed by atoms with van der Waals surface area (Å²) in [6, 6.07) is 11.2. The molecule has 0 bridgehead atoms. The van der Waals surface area contributed by atoms with Gasteiger partial charge in [0, 0.05) is 142 Å². The van der Waals surface area contributed by atoms with Gasteiger partial charge in [-0.1, -0.05) is 63.1 Å². The topological polar surface area (TPSA) is 228 Å². The first-order valence-corrected chi connectivity index (χ1v) is 36.5. The predicted molar refractivity (Wildman–Crippen MR) is 360 cm³/mol. The molecule has 0 radical (unpaired) electrons. The van der Waals surface area contributed by atoms with Crippen LogP contribution in [0.25, 0.3) is 0 Å². The van der Waals surface area contributed by atoms with Gasteiger partial charge in [-0.3, -0.25) is 38.7 Å². The molecule has 6 aromatic rings. The number of hydrogen-bond acceptors (Lipinski definition) is 15. The highest BCUT2D eigenvalue weighted by atomic mass is 32.1. The lowest BCUT2D eigenvalue weighted by Crippen LogP contribution is -2.68. The van der Waals surface area contributed by atoms with Gasteiger partial charge in [0.15, 0.2) is 0 Å². The lowest BCUT2D eigenvalue weighted by molar-refractivity contribution is -0.167. The fraction of sp³-hybridized carbons (Fsp3) is 0.507. The first-order chi connectivity index (χ1) is 50.6. The Labute approximate surface area is 613 Å². The van der Waals surface area contributed by atoms with Gasteiger partial charge in [-0.25, -0.2) is 4.39 Å². The second-order valence-corrected chi connectivity index (χ2v) is 28.6. The van der Waals surface area contributed by atoms with Crippen molar-refractivity contribution >= 4 is 58.2 Å². The molecule has 107 heavy (non-hydrogen) atoms. The van der Waals surface area contributed by atoms with Crippen molar-refractivity contribution in [3.8, 4) is 23.0 Å². The maximum Gasteiger partial charge on any atom is 0.425 e. The second kappa shape index (κ2) is 33.0. The van der Waals surface area contributed by atoms with Crippen LogP contribution in [0.5, 0.6) is 23.0 Å². The number of thiophene rings is 2. The van der Waals surface area contributed by atoms with Crippen molar-refractivity contribution in [3.63, 3.8) is 0 Å². The number of aliphatic carboxylic acids is 2. The molecule has 2 N–H and O–H groups in total. The number of carboxylic acid groups (broad SMARTS) is 2. The lowest BCUT2D eigenvalue weighted by Gasteiger charge is -2.51. The van der Waals surface area contributed by atoms with Crippen molar-refractivity contribution in [2.45, 2.75) is 182 Å². The fourth-order valence-electron chi connectivity index (χ4n) is 14.9. The Bertz CT molecular complexity index is 4160. The molecule has 4 fully saturated rings. The van der Waals surface area contributed by atoms with E-state index in [0.717, 1.165) is 33.0 Å². The molecule has 4 aliphatic rings. The average Bonchev–Trinajstić information content (AvgIpc) is 1.46. The summed E-state index contributed by atoms with van der Waals surface area (Å²) in [5.41, 5.74) is -13.8. The van der Waals surface area contributed by atoms with Crippen molar-refractivity contribution in [2.75, 3.05) is 52.5 Å². The third-order valence-electron chi connectivity index (χ3n) is 19.8. The predicted octanol–water partition coefficient (Wildman–Crippen LogP) is 15.8. The largest absolute Gasteiger partial charge is 0.493 e. The van der Waals surface area contributed by atoms with Gasteiger partial charge in [0.1, 0.15) is 44.0 Å². The minimum atomic E-state index is -5.42. The molecule has 0 saturated carbocycles. The van der Waals surface area contributed by atoms with E-state index < -0.39 is 164 Å². The third kappa shape index (κ3) is 17.8. The number of benzene rings is 2. The SMILES string of the molecule is CCCC1N(C(=O)c2cnccc2C(F)(F)F)CCCC1(Oc1csc(C(F)(F)F)c1)C(=O)N1CCC(OCc2cncc(C(=O)N3CCCC(Oc4csc(C(F)(F)F)c4)(C(=O)N4CCC(F)(c5ccccc5OCCCC(=O)O)CC4)C3CCC)c2C(F)(F)F)(c2ccccc2OCCCC(=O)O)CC1. The highest BCUT2D eigenvalue weighted by molar-refractivity contribution is 7.10. The van der Waals surface area contributed by atoms with Gasteiger partial charge in [0.05, 0.1) is 54.2 Å². The average molecular weight is 1560 g/mol. The number of carbonyl (C=O) groups excluding carboxylic acids is 4. The normalized spacial score (nSPS) is 20.7. The first-order valence-electron chi connectivity index (χ1n) is 34.8. The molecule has 4 aromatic heterocycles. The van der Waals surface area contributed by atoms with Crippen LogP contribution in [0.3, 0.4) is 0 Å². The van der Waals surface area contributed by atoms with Crippen LogP contribution in [0.15, 0.2) is 102 Å². The van der Waals surface area contributed by atoms with E-state index in [1.165, 1.54) is 40.1 Å². The highest BCUT2D eigenvalue weighted by Gasteiger charge is 2.60. The van der Waals surface area contributed by atoms with Crippen molar-refractivity contribution in [3.05, 3.63) is 151 Å². The number of carbonyl (C=O) groups is 6. The van der Waals surface area contributed by atoms with E-state index in [0.29, 0.717) is 30.6 Å². The number of alkyl halides is 13. The summed E-state index contributed by atoms with van der Waals surface area (Å²) in [7, 11) is 0. The molecule has 10 rings (SSSR count). The van der Waals surface area contributed by atoms with Crippen LogP contribution in [0.4, 0.5) is 57.1 Å². The van der Waals surface area contributed by atoms with E-state index in [9.17, 15) is 59.0 Å². The molecular weight excluding hydrogens is 1480 g/mol. The molecule has 34 heteroatoms. The Morgan fingerprint density at radius 2 is 1.01 bits per heavy atom. The Morgan fingerprint density at radius 1 is 0.551 bits per heavy atom. The van der Waals surface area contributed by atoms with Crippen LogP contribution in [0.2, 0.25) is 0 Å². The molecule has 2 aromatic carbocycles. The molecule has 0 spiro atoms. The minimum absolute atomic E-state index is 0.0241. The number of pyridine rings is 2. The van der Waals surface area contributed by atoms with Gasteiger partial charge in [-0.2, -0.15) is 52.7 Å². The smallest absolute Gasteiger partial charge is 0.425 e. The fourth-order valence-corrected chi connectivity index (χ4v) is 16.2. The third-order valence-corrected chi connectivity index (χ3v) is 21.7. The molecule has 4 amide bonds. The Morgan fingerprint density at radius 3 is 1.47 bits per heavy atom.